The zero-order chi connectivity index (χ0) is 18.1. The second-order valence-corrected chi connectivity index (χ2v) is 10.3. The first-order valence-electron chi connectivity index (χ1n) is 10.8. The lowest BCUT2D eigenvalue weighted by atomic mass is 9.54. The minimum absolute atomic E-state index is 0.203. The maximum Gasteiger partial charge on any atom is 0.229 e. The van der Waals surface area contributed by atoms with Gasteiger partial charge in [-0.15, -0.1) is 0 Å². The average molecular weight is 352 g/mol. The molecule has 2 heteroatoms. The Balaban J connectivity index is 1.38. The van der Waals surface area contributed by atoms with E-state index in [1.807, 2.05) is 0 Å². The number of benzene rings is 1. The van der Waals surface area contributed by atoms with E-state index in [4.69, 9.17) is 0 Å². The van der Waals surface area contributed by atoms with Gasteiger partial charge in [-0.3, -0.25) is 4.79 Å². The third-order valence-electron chi connectivity index (χ3n) is 8.43. The van der Waals surface area contributed by atoms with Crippen molar-refractivity contribution in [2.75, 3.05) is 6.54 Å². The minimum Gasteiger partial charge on any atom is -0.339 e. The molecule has 0 aromatic heterocycles. The van der Waals surface area contributed by atoms with Crippen molar-refractivity contribution in [1.82, 2.24) is 4.90 Å². The monoisotopic (exact) mass is 351 g/mol. The van der Waals surface area contributed by atoms with Crippen molar-refractivity contribution in [3.8, 4) is 0 Å². The Morgan fingerprint density at radius 3 is 2.15 bits per heavy atom. The van der Waals surface area contributed by atoms with E-state index in [1.54, 1.807) is 0 Å². The molecular formula is C24H33NO. The number of rotatable bonds is 3. The van der Waals surface area contributed by atoms with E-state index in [9.17, 15) is 4.79 Å². The predicted molar refractivity (Wildman–Crippen MR) is 105 cm³/mol. The lowest BCUT2D eigenvalue weighted by molar-refractivity contribution is -0.145. The Kier molecular flexibility index (Phi) is 3.78. The van der Waals surface area contributed by atoms with Gasteiger partial charge in [-0.1, -0.05) is 25.1 Å². The van der Waals surface area contributed by atoms with E-state index in [-0.39, 0.29) is 5.41 Å². The smallest absolute Gasteiger partial charge is 0.229 e. The van der Waals surface area contributed by atoms with Crippen LogP contribution in [0.3, 0.4) is 0 Å². The standard InChI is InChI=1S/C24H33NO/c1-15-5-4-6-16(2)21(15)14-24(3)7-8-25(23(24)26)22-19-10-17-9-18(12-19)13-20(22)11-17/h4-6,17-20,22H,7-14H2,1-3H3. The highest BCUT2D eigenvalue weighted by Crippen LogP contribution is 2.56. The zero-order valence-corrected chi connectivity index (χ0v) is 16.6. The molecule has 1 unspecified atom stereocenters. The van der Waals surface area contributed by atoms with Gasteiger partial charge < -0.3 is 4.90 Å². The number of carbonyl (C=O) groups excluding carboxylic acids is 1. The summed E-state index contributed by atoms with van der Waals surface area (Å²) < 4.78 is 0. The van der Waals surface area contributed by atoms with Crippen LogP contribution in [0.25, 0.3) is 0 Å². The van der Waals surface area contributed by atoms with Crippen LogP contribution in [0.4, 0.5) is 0 Å². The largest absolute Gasteiger partial charge is 0.339 e. The lowest BCUT2D eigenvalue weighted by Gasteiger charge is -2.56. The van der Waals surface area contributed by atoms with Crippen molar-refractivity contribution >= 4 is 5.91 Å². The maximum atomic E-state index is 13.6. The van der Waals surface area contributed by atoms with E-state index in [0.29, 0.717) is 11.9 Å². The van der Waals surface area contributed by atoms with Gasteiger partial charge in [-0.2, -0.15) is 0 Å². The summed E-state index contributed by atoms with van der Waals surface area (Å²) in [5, 5.41) is 0. The highest BCUT2D eigenvalue weighted by Gasteiger charge is 2.54. The van der Waals surface area contributed by atoms with Crippen LogP contribution in [-0.2, 0) is 11.2 Å². The molecule has 0 radical (unpaired) electrons. The van der Waals surface area contributed by atoms with Crippen LogP contribution in [0.5, 0.6) is 0 Å². The molecule has 1 aromatic carbocycles. The van der Waals surface area contributed by atoms with E-state index >= 15 is 0 Å². The summed E-state index contributed by atoms with van der Waals surface area (Å²) in [5.74, 6) is 4.02. The molecule has 4 saturated carbocycles. The van der Waals surface area contributed by atoms with Crippen molar-refractivity contribution in [3.05, 3.63) is 34.9 Å². The van der Waals surface area contributed by atoms with Crippen LogP contribution in [0, 0.1) is 42.9 Å². The number of nitrogens with zero attached hydrogens (tertiary/aromatic N) is 1. The topological polar surface area (TPSA) is 20.3 Å². The molecule has 1 atom stereocenters. The van der Waals surface area contributed by atoms with Crippen LogP contribution in [-0.4, -0.2) is 23.4 Å². The summed E-state index contributed by atoms with van der Waals surface area (Å²) in [4.78, 5) is 16.0. The lowest BCUT2D eigenvalue weighted by Crippen LogP contribution is -2.57. The number of aryl methyl sites for hydroxylation is 2. The van der Waals surface area contributed by atoms with Crippen LogP contribution in [0.15, 0.2) is 18.2 Å². The summed E-state index contributed by atoms with van der Waals surface area (Å²) in [6.07, 6.45) is 9.02. The maximum absolute atomic E-state index is 13.6. The average Bonchev–Trinajstić information content (AvgIpc) is 2.87. The molecule has 1 saturated heterocycles. The van der Waals surface area contributed by atoms with Gasteiger partial charge in [0.15, 0.2) is 0 Å². The molecule has 140 valence electrons. The number of amides is 1. The van der Waals surface area contributed by atoms with E-state index in [1.165, 1.54) is 48.8 Å². The Morgan fingerprint density at radius 2 is 1.58 bits per heavy atom. The van der Waals surface area contributed by atoms with Gasteiger partial charge in [0.25, 0.3) is 0 Å². The van der Waals surface area contributed by atoms with Crippen molar-refractivity contribution in [2.45, 2.75) is 71.8 Å². The van der Waals surface area contributed by atoms with Crippen LogP contribution in [0.1, 0.15) is 62.1 Å². The molecule has 5 fully saturated rings. The van der Waals surface area contributed by atoms with Gasteiger partial charge in [0.1, 0.15) is 0 Å². The molecule has 6 rings (SSSR count). The van der Waals surface area contributed by atoms with Crippen LogP contribution in [0.2, 0.25) is 0 Å². The quantitative estimate of drug-likeness (QED) is 0.758. The Labute approximate surface area is 158 Å². The summed E-state index contributed by atoms with van der Waals surface area (Å²) in [5.41, 5.74) is 3.88. The normalized spacial score (nSPS) is 41.3. The summed E-state index contributed by atoms with van der Waals surface area (Å²) in [6, 6.07) is 7.09. The first-order chi connectivity index (χ1) is 12.4. The summed E-state index contributed by atoms with van der Waals surface area (Å²) >= 11 is 0. The Hall–Kier alpha value is -1.31. The fourth-order valence-corrected chi connectivity index (χ4v) is 7.29. The fourth-order valence-electron chi connectivity index (χ4n) is 7.29. The SMILES string of the molecule is Cc1cccc(C)c1CC1(C)CCN(C2C3CC4CC(C3)CC2C4)C1=O. The molecule has 26 heavy (non-hydrogen) atoms. The van der Waals surface area contributed by atoms with Crippen molar-refractivity contribution < 1.29 is 4.79 Å². The van der Waals surface area contributed by atoms with Crippen LogP contribution >= 0.6 is 0 Å². The highest BCUT2D eigenvalue weighted by molar-refractivity contribution is 5.85. The number of hydrogen-bond acceptors (Lipinski definition) is 1. The van der Waals surface area contributed by atoms with E-state index in [0.717, 1.165) is 43.1 Å². The molecule has 0 N–H and O–H groups in total. The molecule has 1 heterocycles. The van der Waals surface area contributed by atoms with Gasteiger partial charge in [0.2, 0.25) is 5.91 Å². The van der Waals surface area contributed by atoms with Gasteiger partial charge in [-0.05, 0) is 99.2 Å². The highest BCUT2D eigenvalue weighted by atomic mass is 16.2. The van der Waals surface area contributed by atoms with E-state index in [2.05, 4.69) is 43.9 Å². The first-order valence-corrected chi connectivity index (χ1v) is 10.8. The molecule has 2 nitrogen and oxygen atoms in total. The van der Waals surface area contributed by atoms with Crippen molar-refractivity contribution in [2.24, 2.45) is 29.1 Å². The minimum atomic E-state index is -0.203. The van der Waals surface area contributed by atoms with Crippen molar-refractivity contribution in [3.63, 3.8) is 0 Å². The third-order valence-corrected chi connectivity index (χ3v) is 8.43. The molecule has 1 amide bonds. The van der Waals surface area contributed by atoms with Gasteiger partial charge in [0, 0.05) is 12.6 Å². The molecule has 5 aliphatic rings. The molecule has 1 aliphatic heterocycles. The van der Waals surface area contributed by atoms with Crippen molar-refractivity contribution in [1.29, 1.82) is 0 Å². The molecule has 4 aliphatic carbocycles. The summed E-state index contributed by atoms with van der Waals surface area (Å²) in [6.45, 7) is 7.62. The molecule has 4 bridgehead atoms. The fraction of sp³-hybridized carbons (Fsp3) is 0.708. The van der Waals surface area contributed by atoms with E-state index < -0.39 is 0 Å². The number of likely N-dealkylation sites (tertiary alicyclic amines) is 1. The summed E-state index contributed by atoms with van der Waals surface area (Å²) in [7, 11) is 0. The molecular weight excluding hydrogens is 318 g/mol. The second kappa shape index (κ2) is 5.84. The zero-order valence-electron chi connectivity index (χ0n) is 16.6. The van der Waals surface area contributed by atoms with Gasteiger partial charge in [0.05, 0.1) is 5.41 Å². The molecule has 0 spiro atoms. The molecule has 1 aromatic rings. The second-order valence-electron chi connectivity index (χ2n) is 10.3. The number of hydrogen-bond donors (Lipinski definition) is 0. The Morgan fingerprint density at radius 1 is 1.00 bits per heavy atom. The van der Waals surface area contributed by atoms with Gasteiger partial charge in [-0.25, -0.2) is 0 Å². The first kappa shape index (κ1) is 16.8. The van der Waals surface area contributed by atoms with Gasteiger partial charge >= 0.3 is 0 Å². The Bertz CT molecular complexity index is 689. The van der Waals surface area contributed by atoms with Crippen LogP contribution < -0.4 is 0 Å². The predicted octanol–water partition coefficient (Wildman–Crippen LogP) is 4.91. The number of carbonyl (C=O) groups is 1. The third kappa shape index (κ3) is 2.47.